The molecule has 0 spiro atoms. The Hall–Kier alpha value is -3.43. The fourth-order valence-electron chi connectivity index (χ4n) is 2.95. The molecule has 3 rings (SSSR count). The van der Waals surface area contributed by atoms with Crippen LogP contribution in [0, 0.1) is 0 Å². The van der Waals surface area contributed by atoms with Gasteiger partial charge in [-0.2, -0.15) is 18.3 Å². The molecule has 2 heterocycles. The second-order valence-electron chi connectivity index (χ2n) is 6.41. The SMILES string of the molecule is O=C(O)CC/C(O)=c1\c(=O)cc(CCc2ccc(C(F)(F)F)cc2)c2ncnn12. The van der Waals surface area contributed by atoms with E-state index in [1.807, 2.05) is 0 Å². The molecule has 0 amide bonds. The number of aliphatic carboxylic acids is 1. The van der Waals surface area contributed by atoms with Crippen LogP contribution in [0.2, 0.25) is 0 Å². The number of pyridine rings is 1. The predicted octanol–water partition coefficient (Wildman–Crippen LogP) is 2.14. The molecule has 0 radical (unpaired) electrons. The monoisotopic (exact) mass is 407 g/mol. The first-order valence-electron chi connectivity index (χ1n) is 8.62. The number of fused-ring (bicyclic) bond motifs is 1. The van der Waals surface area contributed by atoms with Crippen molar-refractivity contribution in [2.24, 2.45) is 0 Å². The number of aliphatic hydroxyl groups excluding tert-OH is 1. The van der Waals surface area contributed by atoms with Crippen LogP contribution in [0.3, 0.4) is 0 Å². The molecule has 0 bridgehead atoms. The first kappa shape index (κ1) is 20.3. The van der Waals surface area contributed by atoms with Crippen molar-refractivity contribution in [2.45, 2.75) is 31.9 Å². The highest BCUT2D eigenvalue weighted by Gasteiger charge is 2.29. The summed E-state index contributed by atoms with van der Waals surface area (Å²) in [7, 11) is 0. The van der Waals surface area contributed by atoms with Crippen LogP contribution in [0.25, 0.3) is 11.4 Å². The van der Waals surface area contributed by atoms with Crippen molar-refractivity contribution >= 4 is 17.4 Å². The Morgan fingerprint density at radius 2 is 1.76 bits per heavy atom. The fraction of sp³-hybridized carbons (Fsp3) is 0.263. The first-order chi connectivity index (χ1) is 13.7. The van der Waals surface area contributed by atoms with E-state index >= 15 is 0 Å². The van der Waals surface area contributed by atoms with Gasteiger partial charge in [0.05, 0.1) is 12.0 Å². The van der Waals surface area contributed by atoms with Gasteiger partial charge in [0.25, 0.3) is 0 Å². The van der Waals surface area contributed by atoms with Gasteiger partial charge >= 0.3 is 12.1 Å². The minimum Gasteiger partial charge on any atom is -0.510 e. The largest absolute Gasteiger partial charge is 0.510 e. The number of carbonyl (C=O) groups is 1. The Kier molecular flexibility index (Phi) is 5.53. The van der Waals surface area contributed by atoms with E-state index in [4.69, 9.17) is 5.11 Å². The van der Waals surface area contributed by atoms with Crippen LogP contribution >= 0.6 is 0 Å². The van der Waals surface area contributed by atoms with Crippen LogP contribution in [0.5, 0.6) is 0 Å². The summed E-state index contributed by atoms with van der Waals surface area (Å²) >= 11 is 0. The number of benzene rings is 1. The number of rotatable bonds is 6. The predicted molar refractivity (Wildman–Crippen MR) is 96.2 cm³/mol. The van der Waals surface area contributed by atoms with Gasteiger partial charge in [0.1, 0.15) is 12.1 Å². The van der Waals surface area contributed by atoms with Crippen molar-refractivity contribution in [3.63, 3.8) is 0 Å². The van der Waals surface area contributed by atoms with E-state index in [2.05, 4.69) is 10.1 Å². The highest BCUT2D eigenvalue weighted by atomic mass is 19.4. The van der Waals surface area contributed by atoms with Gasteiger partial charge in [-0.05, 0) is 36.6 Å². The first-order valence-corrected chi connectivity index (χ1v) is 8.62. The van der Waals surface area contributed by atoms with E-state index in [1.165, 1.54) is 24.5 Å². The number of carboxylic acids is 1. The molecule has 0 aliphatic carbocycles. The smallest absolute Gasteiger partial charge is 0.416 e. The Balaban J connectivity index is 1.89. The minimum atomic E-state index is -4.40. The molecular weight excluding hydrogens is 391 g/mol. The summed E-state index contributed by atoms with van der Waals surface area (Å²) in [4.78, 5) is 27.2. The second-order valence-corrected chi connectivity index (χ2v) is 6.41. The average Bonchev–Trinajstić information content (AvgIpc) is 3.13. The van der Waals surface area contributed by atoms with Crippen LogP contribution in [0.15, 0.2) is 41.5 Å². The normalized spacial score (nSPS) is 12.9. The summed E-state index contributed by atoms with van der Waals surface area (Å²) in [5.74, 6) is -1.52. The van der Waals surface area contributed by atoms with Crippen LogP contribution in [-0.4, -0.2) is 30.8 Å². The maximum atomic E-state index is 12.6. The Bertz CT molecular complexity index is 1150. The Morgan fingerprint density at radius 3 is 2.38 bits per heavy atom. The number of aryl methyl sites for hydroxylation is 2. The highest BCUT2D eigenvalue weighted by Crippen LogP contribution is 2.29. The molecule has 7 nitrogen and oxygen atoms in total. The number of nitrogens with zero attached hydrogens (tertiary/aromatic N) is 3. The van der Waals surface area contributed by atoms with Crippen LogP contribution in [-0.2, 0) is 23.8 Å². The van der Waals surface area contributed by atoms with Gasteiger partial charge in [0, 0.05) is 12.0 Å². The summed E-state index contributed by atoms with van der Waals surface area (Å²) in [6.07, 6.45) is -3.10. The van der Waals surface area contributed by atoms with Gasteiger partial charge in [0.2, 0.25) is 5.43 Å². The molecule has 0 aliphatic rings. The van der Waals surface area contributed by atoms with E-state index in [0.717, 1.165) is 16.6 Å². The van der Waals surface area contributed by atoms with Crippen molar-refractivity contribution in [1.29, 1.82) is 0 Å². The zero-order valence-electron chi connectivity index (χ0n) is 15.0. The van der Waals surface area contributed by atoms with Crippen molar-refractivity contribution < 1.29 is 28.2 Å². The lowest BCUT2D eigenvalue weighted by Gasteiger charge is -2.08. The molecule has 2 aromatic heterocycles. The maximum Gasteiger partial charge on any atom is 0.416 e. The quantitative estimate of drug-likeness (QED) is 0.649. The number of carboxylic acid groups (broad SMARTS) is 1. The zero-order chi connectivity index (χ0) is 21.2. The Labute approximate surface area is 161 Å². The number of aromatic nitrogens is 3. The molecule has 10 heteroatoms. The molecule has 2 N–H and O–H groups in total. The Morgan fingerprint density at radius 1 is 1.07 bits per heavy atom. The molecule has 0 aliphatic heterocycles. The van der Waals surface area contributed by atoms with Crippen LogP contribution < -0.4 is 10.8 Å². The van der Waals surface area contributed by atoms with E-state index in [0.29, 0.717) is 29.6 Å². The lowest BCUT2D eigenvalue weighted by molar-refractivity contribution is -0.138. The van der Waals surface area contributed by atoms with E-state index in [9.17, 15) is 27.9 Å². The average molecular weight is 407 g/mol. The second kappa shape index (κ2) is 7.90. The van der Waals surface area contributed by atoms with Crippen molar-refractivity contribution in [3.05, 3.63) is 68.9 Å². The third-order valence-corrected chi connectivity index (χ3v) is 4.40. The van der Waals surface area contributed by atoms with Crippen molar-refractivity contribution in [1.82, 2.24) is 14.6 Å². The third kappa shape index (κ3) is 4.53. The molecule has 0 unspecified atom stereocenters. The summed E-state index contributed by atoms with van der Waals surface area (Å²) in [6.45, 7) is 0. The van der Waals surface area contributed by atoms with E-state index in [-0.39, 0.29) is 18.2 Å². The number of alkyl halides is 3. The van der Waals surface area contributed by atoms with Gasteiger partial charge in [-0.25, -0.2) is 9.50 Å². The lowest BCUT2D eigenvalue weighted by Crippen LogP contribution is -2.35. The minimum absolute atomic E-state index is 0.156. The summed E-state index contributed by atoms with van der Waals surface area (Å²) in [5.41, 5.74) is 0.201. The number of aliphatic hydroxyl groups is 1. The molecule has 3 aromatic rings. The number of halogens is 3. The topological polar surface area (TPSA) is 105 Å². The van der Waals surface area contributed by atoms with Gasteiger partial charge in [-0.15, -0.1) is 0 Å². The summed E-state index contributed by atoms with van der Waals surface area (Å²) in [5, 5.41) is 22.6. The standard InChI is InChI=1S/C19H16F3N3O4/c20-19(21,22)13-5-2-11(3-6-13)1-4-12-9-15(27)17(14(26)7-8-16(28)29)25-18(12)23-10-24-25/h2-3,5-6,9-10,26H,1,4,7-8H2,(H,28,29)/b17-14-. The van der Waals surface area contributed by atoms with Crippen molar-refractivity contribution in [3.8, 4) is 0 Å². The molecule has 29 heavy (non-hydrogen) atoms. The highest BCUT2D eigenvalue weighted by molar-refractivity contribution is 5.68. The molecule has 0 fully saturated rings. The molecule has 0 saturated carbocycles. The third-order valence-electron chi connectivity index (χ3n) is 4.40. The molecule has 152 valence electrons. The molecule has 0 saturated heterocycles. The van der Waals surface area contributed by atoms with Gasteiger partial charge in [-0.1, -0.05) is 12.1 Å². The van der Waals surface area contributed by atoms with E-state index < -0.39 is 28.9 Å². The number of hydrogen-bond donors (Lipinski definition) is 2. The molecule has 0 atom stereocenters. The zero-order valence-corrected chi connectivity index (χ0v) is 15.0. The van der Waals surface area contributed by atoms with Crippen LogP contribution in [0.1, 0.15) is 29.5 Å². The summed E-state index contributed by atoms with van der Waals surface area (Å²) in [6, 6.07) is 6.03. The lowest BCUT2D eigenvalue weighted by atomic mass is 10.0. The maximum absolute atomic E-state index is 12.6. The molecule has 1 aromatic carbocycles. The van der Waals surface area contributed by atoms with Crippen LogP contribution in [0.4, 0.5) is 13.2 Å². The van der Waals surface area contributed by atoms with Gasteiger partial charge < -0.3 is 10.2 Å². The molecular formula is C19H16F3N3O4. The summed E-state index contributed by atoms with van der Waals surface area (Å²) < 4.78 is 39.1. The van der Waals surface area contributed by atoms with Gasteiger partial charge in [0.15, 0.2) is 11.0 Å². The van der Waals surface area contributed by atoms with Crippen molar-refractivity contribution in [2.75, 3.05) is 0 Å². The fourth-order valence-corrected chi connectivity index (χ4v) is 2.95. The van der Waals surface area contributed by atoms with Gasteiger partial charge in [-0.3, -0.25) is 9.59 Å². The van der Waals surface area contributed by atoms with E-state index in [1.54, 1.807) is 0 Å². The number of hydrogen-bond acceptors (Lipinski definition) is 5.